The molecule has 1 aromatic rings. The van der Waals surface area contributed by atoms with Crippen LogP contribution in [0.1, 0.15) is 10.4 Å². The number of rotatable bonds is 2. The van der Waals surface area contributed by atoms with E-state index in [2.05, 4.69) is 0 Å². The van der Waals surface area contributed by atoms with Gasteiger partial charge in [-0.15, -0.1) is 11.8 Å². The van der Waals surface area contributed by atoms with Gasteiger partial charge in [0.25, 0.3) is 5.24 Å². The maximum atomic E-state index is 10.9. The van der Waals surface area contributed by atoms with Crippen molar-refractivity contribution in [2.45, 2.75) is 4.90 Å². The Bertz CT molecular complexity index is 351. The van der Waals surface area contributed by atoms with E-state index in [0.717, 1.165) is 4.90 Å². The lowest BCUT2D eigenvalue weighted by molar-refractivity contribution is 0.108. The average molecular weight is 256 g/mol. The minimum absolute atomic E-state index is 0.208. The lowest BCUT2D eigenvalue weighted by atomic mass is 10.2. The molecule has 0 aliphatic carbocycles. The second kappa shape index (κ2) is 4.56. The summed E-state index contributed by atoms with van der Waals surface area (Å²) in [6, 6.07) is 3.31. The zero-order chi connectivity index (χ0) is 10.0. The van der Waals surface area contributed by atoms with E-state index in [1.54, 1.807) is 12.1 Å². The first kappa shape index (κ1) is 11.2. The second-order valence-electron chi connectivity index (χ2n) is 2.24. The first-order valence-electron chi connectivity index (χ1n) is 3.29. The van der Waals surface area contributed by atoms with Crippen molar-refractivity contribution in [3.05, 3.63) is 27.7 Å². The van der Waals surface area contributed by atoms with E-state index in [1.807, 2.05) is 6.26 Å². The molecule has 5 heteroatoms. The summed E-state index contributed by atoms with van der Waals surface area (Å²) in [7, 11) is 0. The van der Waals surface area contributed by atoms with Crippen LogP contribution in [0.25, 0.3) is 0 Å². The average Bonchev–Trinajstić information content (AvgIpc) is 2.09. The maximum Gasteiger partial charge on any atom is 0.253 e. The van der Waals surface area contributed by atoms with Crippen molar-refractivity contribution < 1.29 is 4.79 Å². The summed E-state index contributed by atoms with van der Waals surface area (Å²) in [5.41, 5.74) is 0.250. The van der Waals surface area contributed by atoms with Gasteiger partial charge in [0.05, 0.1) is 15.6 Å². The highest BCUT2D eigenvalue weighted by atomic mass is 35.5. The highest BCUT2D eigenvalue weighted by molar-refractivity contribution is 7.98. The number of thioether (sulfide) groups is 1. The summed E-state index contributed by atoms with van der Waals surface area (Å²) in [4.78, 5) is 11.8. The fourth-order valence-electron chi connectivity index (χ4n) is 0.825. The Balaban J connectivity index is 3.33. The molecule has 0 N–H and O–H groups in total. The van der Waals surface area contributed by atoms with Crippen LogP contribution >= 0.6 is 46.6 Å². The van der Waals surface area contributed by atoms with Crippen LogP contribution in [0, 0.1) is 0 Å². The first-order chi connectivity index (χ1) is 6.06. The van der Waals surface area contributed by atoms with Crippen LogP contribution in [0.3, 0.4) is 0 Å². The van der Waals surface area contributed by atoms with Gasteiger partial charge in [0, 0.05) is 4.90 Å². The van der Waals surface area contributed by atoms with Crippen LogP contribution in [0.4, 0.5) is 0 Å². The molecule has 0 unspecified atom stereocenters. The van der Waals surface area contributed by atoms with E-state index in [1.165, 1.54) is 11.8 Å². The van der Waals surface area contributed by atoms with Crippen molar-refractivity contribution >= 4 is 51.8 Å². The van der Waals surface area contributed by atoms with E-state index in [9.17, 15) is 4.79 Å². The number of hydrogen-bond donors (Lipinski definition) is 0. The van der Waals surface area contributed by atoms with Gasteiger partial charge in [-0.25, -0.2) is 0 Å². The first-order valence-corrected chi connectivity index (χ1v) is 5.65. The smallest absolute Gasteiger partial charge is 0.253 e. The Kier molecular flexibility index (Phi) is 3.92. The molecule has 0 heterocycles. The molecule has 70 valence electrons. The van der Waals surface area contributed by atoms with Gasteiger partial charge in [0.15, 0.2) is 0 Å². The molecule has 0 saturated carbocycles. The van der Waals surface area contributed by atoms with E-state index in [4.69, 9.17) is 34.8 Å². The fourth-order valence-corrected chi connectivity index (χ4v) is 1.97. The molecular weight excluding hydrogens is 251 g/mol. The van der Waals surface area contributed by atoms with Crippen molar-refractivity contribution in [3.63, 3.8) is 0 Å². The Morgan fingerprint density at radius 2 is 2.00 bits per heavy atom. The summed E-state index contributed by atoms with van der Waals surface area (Å²) in [6.45, 7) is 0. The molecule has 0 spiro atoms. The quantitative estimate of drug-likeness (QED) is 0.585. The zero-order valence-corrected chi connectivity index (χ0v) is 9.69. The van der Waals surface area contributed by atoms with E-state index in [0.29, 0.717) is 5.02 Å². The lowest BCUT2D eigenvalue weighted by Crippen LogP contribution is -1.91. The molecule has 1 rings (SSSR count). The monoisotopic (exact) mass is 254 g/mol. The molecule has 13 heavy (non-hydrogen) atoms. The number of carbonyl (C=O) groups excluding carboxylic acids is 1. The maximum absolute atomic E-state index is 10.9. The van der Waals surface area contributed by atoms with Crippen LogP contribution in [0.15, 0.2) is 17.0 Å². The van der Waals surface area contributed by atoms with Crippen LogP contribution in [-0.2, 0) is 0 Å². The van der Waals surface area contributed by atoms with Crippen LogP contribution < -0.4 is 0 Å². The van der Waals surface area contributed by atoms with Gasteiger partial charge in [-0.2, -0.15) is 0 Å². The number of halogens is 3. The molecule has 0 radical (unpaired) electrons. The third kappa shape index (κ3) is 2.53. The molecule has 1 aromatic carbocycles. The molecule has 0 atom stereocenters. The molecule has 0 aliphatic rings. The van der Waals surface area contributed by atoms with E-state index < -0.39 is 5.24 Å². The lowest BCUT2D eigenvalue weighted by Gasteiger charge is -2.03. The van der Waals surface area contributed by atoms with Gasteiger partial charge in [-0.1, -0.05) is 23.2 Å². The molecular formula is C8H5Cl3OS. The van der Waals surface area contributed by atoms with Gasteiger partial charge < -0.3 is 0 Å². The SMILES string of the molecule is CSc1cc(Cl)c(Cl)c(C(=O)Cl)c1. The Hall–Kier alpha value is 0.110. The fraction of sp³-hybridized carbons (Fsp3) is 0.125. The molecule has 0 bridgehead atoms. The van der Waals surface area contributed by atoms with Crippen molar-refractivity contribution in [2.24, 2.45) is 0 Å². The Labute approximate surface area is 95.4 Å². The van der Waals surface area contributed by atoms with Crippen LogP contribution in [0.2, 0.25) is 10.0 Å². The summed E-state index contributed by atoms with van der Waals surface area (Å²) >= 11 is 18.3. The van der Waals surface area contributed by atoms with Crippen molar-refractivity contribution in [1.82, 2.24) is 0 Å². The van der Waals surface area contributed by atoms with Crippen LogP contribution in [-0.4, -0.2) is 11.5 Å². The summed E-state index contributed by atoms with van der Waals surface area (Å²) in [5.74, 6) is 0. The van der Waals surface area contributed by atoms with Gasteiger partial charge in [-0.05, 0) is 30.0 Å². The minimum Gasteiger partial charge on any atom is -0.276 e. The number of hydrogen-bond acceptors (Lipinski definition) is 2. The van der Waals surface area contributed by atoms with Gasteiger partial charge in [0.2, 0.25) is 0 Å². The molecule has 0 aromatic heterocycles. The molecule has 0 saturated heterocycles. The standard InChI is InChI=1S/C8H5Cl3OS/c1-13-4-2-5(8(11)12)7(10)6(9)3-4/h2-3H,1H3. The van der Waals surface area contributed by atoms with Crippen molar-refractivity contribution in [3.8, 4) is 0 Å². The molecule has 1 nitrogen and oxygen atoms in total. The minimum atomic E-state index is -0.595. The summed E-state index contributed by atoms with van der Waals surface area (Å²) in [6.07, 6.45) is 1.88. The molecule has 0 amide bonds. The topological polar surface area (TPSA) is 17.1 Å². The largest absolute Gasteiger partial charge is 0.276 e. The Morgan fingerprint density at radius 1 is 1.38 bits per heavy atom. The summed E-state index contributed by atoms with van der Waals surface area (Å²) < 4.78 is 0. The third-order valence-electron chi connectivity index (χ3n) is 1.45. The normalized spacial score (nSPS) is 10.2. The highest BCUT2D eigenvalue weighted by Crippen LogP contribution is 2.31. The summed E-state index contributed by atoms with van der Waals surface area (Å²) in [5, 5.41) is -0.0419. The van der Waals surface area contributed by atoms with Crippen LogP contribution in [0.5, 0.6) is 0 Å². The third-order valence-corrected chi connectivity index (χ3v) is 3.16. The second-order valence-corrected chi connectivity index (χ2v) is 4.25. The van der Waals surface area contributed by atoms with Gasteiger partial charge in [0.1, 0.15) is 0 Å². The van der Waals surface area contributed by atoms with Crippen molar-refractivity contribution in [1.29, 1.82) is 0 Å². The predicted octanol–water partition coefficient (Wildman–Crippen LogP) is 4.09. The Morgan fingerprint density at radius 3 is 2.46 bits per heavy atom. The molecule has 0 fully saturated rings. The van der Waals surface area contributed by atoms with Gasteiger partial charge >= 0.3 is 0 Å². The van der Waals surface area contributed by atoms with Crippen molar-refractivity contribution in [2.75, 3.05) is 6.26 Å². The molecule has 0 aliphatic heterocycles. The van der Waals surface area contributed by atoms with E-state index >= 15 is 0 Å². The highest BCUT2D eigenvalue weighted by Gasteiger charge is 2.12. The van der Waals surface area contributed by atoms with Gasteiger partial charge in [-0.3, -0.25) is 4.79 Å². The predicted molar refractivity (Wildman–Crippen MR) is 58.4 cm³/mol. The zero-order valence-electron chi connectivity index (χ0n) is 6.61. The number of benzene rings is 1. The number of carbonyl (C=O) groups is 1. The van der Waals surface area contributed by atoms with E-state index in [-0.39, 0.29) is 10.6 Å².